The van der Waals surface area contributed by atoms with Crippen molar-refractivity contribution in [2.45, 2.75) is 11.3 Å². The van der Waals surface area contributed by atoms with Crippen molar-refractivity contribution in [3.8, 4) is 5.75 Å². The lowest BCUT2D eigenvalue weighted by atomic mass is 10.1. The monoisotopic (exact) mass is 432 g/mol. The van der Waals surface area contributed by atoms with E-state index in [2.05, 4.69) is 8.75 Å². The summed E-state index contributed by atoms with van der Waals surface area (Å²) in [5.41, 5.74) is 1.78. The van der Waals surface area contributed by atoms with Crippen LogP contribution in [-0.2, 0) is 21.2 Å². The highest BCUT2D eigenvalue weighted by molar-refractivity contribution is 7.89. The Morgan fingerprint density at radius 2 is 1.83 bits per heavy atom. The smallest absolute Gasteiger partial charge is 0.245 e. The predicted octanol–water partition coefficient (Wildman–Crippen LogP) is 1.78. The number of carbonyl (C=O) groups excluding carboxylic acids is 1. The molecule has 0 spiro atoms. The number of hydrogen-bond donors (Lipinski definition) is 0. The molecule has 3 aromatic rings. The van der Waals surface area contributed by atoms with Crippen molar-refractivity contribution in [1.29, 1.82) is 0 Å². The molecule has 1 amide bonds. The summed E-state index contributed by atoms with van der Waals surface area (Å²) in [6.07, 6.45) is 0.223. The molecule has 0 radical (unpaired) electrons. The van der Waals surface area contributed by atoms with Gasteiger partial charge in [-0.3, -0.25) is 4.79 Å². The van der Waals surface area contributed by atoms with Crippen LogP contribution < -0.4 is 4.74 Å². The summed E-state index contributed by atoms with van der Waals surface area (Å²) in [5, 5.41) is 0. The van der Waals surface area contributed by atoms with Gasteiger partial charge in [-0.05, 0) is 18.2 Å². The highest BCUT2D eigenvalue weighted by Crippen LogP contribution is 2.25. The fourth-order valence-corrected chi connectivity index (χ4v) is 5.60. The van der Waals surface area contributed by atoms with Crippen molar-refractivity contribution in [3.05, 3.63) is 48.0 Å². The molecule has 0 bridgehead atoms. The number of carbonyl (C=O) groups is 1. The van der Waals surface area contributed by atoms with Gasteiger partial charge in [0, 0.05) is 31.7 Å². The third kappa shape index (κ3) is 3.83. The van der Waals surface area contributed by atoms with E-state index < -0.39 is 10.0 Å². The van der Waals surface area contributed by atoms with Gasteiger partial charge in [0.25, 0.3) is 0 Å². The van der Waals surface area contributed by atoms with Gasteiger partial charge >= 0.3 is 0 Å². The average molecular weight is 433 g/mol. The Hall–Kier alpha value is -2.56. The second-order valence-electron chi connectivity index (χ2n) is 6.66. The molecule has 10 heteroatoms. The van der Waals surface area contributed by atoms with Gasteiger partial charge in [0.1, 0.15) is 21.7 Å². The third-order valence-corrected chi connectivity index (χ3v) is 7.47. The first-order chi connectivity index (χ1) is 14.0. The Balaban J connectivity index is 1.45. The first-order valence-corrected chi connectivity index (χ1v) is 11.3. The summed E-state index contributed by atoms with van der Waals surface area (Å²) in [4.78, 5) is 14.5. The van der Waals surface area contributed by atoms with Crippen molar-refractivity contribution >= 4 is 38.7 Å². The minimum atomic E-state index is -3.70. The lowest BCUT2D eigenvalue weighted by Crippen LogP contribution is -2.50. The van der Waals surface area contributed by atoms with E-state index in [0.717, 1.165) is 17.3 Å². The Morgan fingerprint density at radius 3 is 2.59 bits per heavy atom. The van der Waals surface area contributed by atoms with E-state index >= 15 is 0 Å². The molecule has 4 rings (SSSR count). The third-order valence-electron chi connectivity index (χ3n) is 4.99. The number of aromatic nitrogens is 2. The zero-order chi connectivity index (χ0) is 20.4. The van der Waals surface area contributed by atoms with Gasteiger partial charge < -0.3 is 9.64 Å². The lowest BCUT2D eigenvalue weighted by molar-refractivity contribution is -0.131. The van der Waals surface area contributed by atoms with E-state index in [1.54, 1.807) is 30.2 Å². The molecular weight excluding hydrogens is 412 g/mol. The van der Waals surface area contributed by atoms with Gasteiger partial charge in [0.15, 0.2) is 0 Å². The summed E-state index contributed by atoms with van der Waals surface area (Å²) in [5.74, 6) is 0.629. The first-order valence-electron chi connectivity index (χ1n) is 9.12. The van der Waals surface area contributed by atoms with Gasteiger partial charge in [-0.1, -0.05) is 24.3 Å². The van der Waals surface area contributed by atoms with Gasteiger partial charge in [-0.15, -0.1) is 0 Å². The summed E-state index contributed by atoms with van der Waals surface area (Å²) < 4.78 is 41.1. The maximum absolute atomic E-state index is 13.1. The van der Waals surface area contributed by atoms with Crippen LogP contribution in [0.4, 0.5) is 0 Å². The van der Waals surface area contributed by atoms with Crippen LogP contribution in [0.1, 0.15) is 5.56 Å². The Kier molecular flexibility index (Phi) is 5.48. The maximum atomic E-state index is 13.1. The van der Waals surface area contributed by atoms with E-state index in [0.29, 0.717) is 29.9 Å². The number of para-hydroxylation sites is 1. The molecular formula is C19H20N4O4S2. The molecule has 29 heavy (non-hydrogen) atoms. The molecule has 0 N–H and O–H groups in total. The van der Waals surface area contributed by atoms with Crippen molar-refractivity contribution < 1.29 is 17.9 Å². The number of benzene rings is 2. The minimum absolute atomic E-state index is 0.0441. The number of sulfonamides is 1. The normalized spacial score (nSPS) is 15.6. The Morgan fingerprint density at radius 1 is 1.07 bits per heavy atom. The van der Waals surface area contributed by atoms with Crippen LogP contribution in [0, 0.1) is 0 Å². The quantitative estimate of drug-likeness (QED) is 0.610. The molecule has 1 aliphatic rings. The van der Waals surface area contributed by atoms with Crippen molar-refractivity contribution in [3.63, 3.8) is 0 Å². The van der Waals surface area contributed by atoms with Crippen molar-refractivity contribution in [1.82, 2.24) is 18.0 Å². The zero-order valence-electron chi connectivity index (χ0n) is 15.8. The summed E-state index contributed by atoms with van der Waals surface area (Å²) in [7, 11) is -2.12. The van der Waals surface area contributed by atoms with Crippen LogP contribution in [0.15, 0.2) is 47.4 Å². The van der Waals surface area contributed by atoms with Crippen molar-refractivity contribution in [2.75, 3.05) is 33.3 Å². The van der Waals surface area contributed by atoms with Gasteiger partial charge in [0.05, 0.1) is 25.3 Å². The van der Waals surface area contributed by atoms with Crippen LogP contribution in [0.5, 0.6) is 5.75 Å². The highest BCUT2D eigenvalue weighted by Gasteiger charge is 2.32. The number of ether oxygens (including phenoxy) is 1. The average Bonchev–Trinajstić information content (AvgIpc) is 3.23. The molecule has 1 aliphatic heterocycles. The van der Waals surface area contributed by atoms with Gasteiger partial charge in [0.2, 0.25) is 15.9 Å². The van der Waals surface area contributed by atoms with Crippen molar-refractivity contribution in [2.24, 2.45) is 0 Å². The Bertz CT molecular complexity index is 1140. The maximum Gasteiger partial charge on any atom is 0.245 e. The van der Waals surface area contributed by atoms with Crippen LogP contribution in [0.2, 0.25) is 0 Å². The fraction of sp³-hybridized carbons (Fsp3) is 0.316. The number of amides is 1. The summed E-state index contributed by atoms with van der Waals surface area (Å²) in [6, 6.07) is 12.4. The number of hydrogen-bond acceptors (Lipinski definition) is 7. The predicted molar refractivity (Wildman–Crippen MR) is 109 cm³/mol. The molecule has 0 unspecified atom stereocenters. The van der Waals surface area contributed by atoms with Gasteiger partial charge in [-0.25, -0.2) is 8.42 Å². The van der Waals surface area contributed by atoms with E-state index in [1.807, 2.05) is 24.3 Å². The minimum Gasteiger partial charge on any atom is -0.496 e. The topological polar surface area (TPSA) is 92.7 Å². The largest absolute Gasteiger partial charge is 0.496 e. The summed E-state index contributed by atoms with van der Waals surface area (Å²) in [6.45, 7) is 1.18. The fourth-order valence-electron chi connectivity index (χ4n) is 3.43. The van der Waals surface area contributed by atoms with Crippen LogP contribution in [-0.4, -0.2) is 65.6 Å². The molecule has 0 saturated carbocycles. The van der Waals surface area contributed by atoms with Crippen LogP contribution in [0.25, 0.3) is 11.0 Å². The molecule has 1 saturated heterocycles. The second kappa shape index (κ2) is 8.05. The molecule has 152 valence electrons. The summed E-state index contributed by atoms with van der Waals surface area (Å²) >= 11 is 0.992. The second-order valence-corrected chi connectivity index (χ2v) is 9.10. The number of nitrogens with zero attached hydrogens (tertiary/aromatic N) is 4. The molecule has 0 atom stereocenters. The van der Waals surface area contributed by atoms with Crippen LogP contribution >= 0.6 is 11.7 Å². The zero-order valence-corrected chi connectivity index (χ0v) is 17.4. The molecule has 1 aromatic heterocycles. The molecule has 0 aliphatic carbocycles. The Labute approximate surface area is 173 Å². The SMILES string of the molecule is COc1ccccc1CC(=O)N1CCN(S(=O)(=O)c2cccc3nsnc23)CC1. The first kappa shape index (κ1) is 19.7. The van der Waals surface area contributed by atoms with Crippen LogP contribution in [0.3, 0.4) is 0 Å². The number of methoxy groups -OCH3 is 1. The standard InChI is InChI=1S/C19H20N4O4S2/c1-27-16-7-3-2-5-14(16)13-18(24)22-9-11-23(12-10-22)29(25,26)17-8-4-6-15-19(17)21-28-20-15/h2-8H,9-13H2,1H3. The van der Waals surface area contributed by atoms with E-state index in [9.17, 15) is 13.2 Å². The van der Waals surface area contributed by atoms with Gasteiger partial charge in [-0.2, -0.15) is 13.1 Å². The van der Waals surface area contributed by atoms with E-state index in [1.165, 1.54) is 4.31 Å². The lowest BCUT2D eigenvalue weighted by Gasteiger charge is -2.34. The number of rotatable bonds is 5. The van der Waals surface area contributed by atoms with E-state index in [4.69, 9.17) is 4.74 Å². The highest BCUT2D eigenvalue weighted by atomic mass is 32.2. The number of fused-ring (bicyclic) bond motifs is 1. The number of piperazine rings is 1. The molecule has 8 nitrogen and oxygen atoms in total. The molecule has 2 aromatic carbocycles. The van der Waals surface area contributed by atoms with E-state index in [-0.39, 0.29) is 30.3 Å². The molecule has 1 fully saturated rings. The molecule has 2 heterocycles.